The summed E-state index contributed by atoms with van der Waals surface area (Å²) < 4.78 is 10.8. The Hall–Kier alpha value is -3.73. The maximum atomic E-state index is 14.8. The summed E-state index contributed by atoms with van der Waals surface area (Å²) in [7, 11) is 3.09. The predicted octanol–water partition coefficient (Wildman–Crippen LogP) is 3.82. The number of carbonyl (C=O) groups excluding carboxylic acids is 3. The first-order valence-electron chi connectivity index (χ1n) is 15.6. The fourth-order valence-electron chi connectivity index (χ4n) is 7.03. The molecule has 2 aliphatic rings. The summed E-state index contributed by atoms with van der Waals surface area (Å²) >= 11 is 0. The Labute approximate surface area is 259 Å². The summed E-state index contributed by atoms with van der Waals surface area (Å²) in [5.74, 6) is -0.223. The van der Waals surface area contributed by atoms with E-state index in [1.807, 2.05) is 29.2 Å². The molecule has 2 amide bonds. The third-order valence-corrected chi connectivity index (χ3v) is 9.49. The molecule has 10 nitrogen and oxygen atoms in total. The first-order chi connectivity index (χ1) is 21.2. The highest BCUT2D eigenvalue weighted by atomic mass is 16.5. The lowest BCUT2D eigenvalue weighted by Crippen LogP contribution is -2.67. The van der Waals surface area contributed by atoms with E-state index >= 15 is 0 Å². The average molecular weight is 604 g/mol. The third kappa shape index (κ3) is 6.11. The lowest BCUT2D eigenvalue weighted by atomic mass is 9.77. The lowest BCUT2D eigenvalue weighted by molar-refractivity contribution is -0.153. The number of imide groups is 1. The van der Waals surface area contributed by atoms with Gasteiger partial charge in [0, 0.05) is 48.7 Å². The smallest absolute Gasteiger partial charge is 0.249 e. The van der Waals surface area contributed by atoms with Gasteiger partial charge in [-0.05, 0) is 69.5 Å². The molecule has 2 aliphatic heterocycles. The van der Waals surface area contributed by atoms with E-state index in [1.54, 1.807) is 31.5 Å². The van der Waals surface area contributed by atoms with Gasteiger partial charge in [0.25, 0.3) is 0 Å². The maximum Gasteiger partial charge on any atom is 0.249 e. The van der Waals surface area contributed by atoms with E-state index in [4.69, 9.17) is 15.2 Å². The quantitative estimate of drug-likeness (QED) is 0.359. The Morgan fingerprint density at radius 1 is 0.977 bits per heavy atom. The number of hydrogen-bond acceptors (Lipinski definition) is 8. The summed E-state index contributed by atoms with van der Waals surface area (Å²) in [6, 6.07) is 12.2. The molecule has 3 N–H and O–H groups in total. The number of nitrogens with two attached hydrogens (primary N) is 1. The van der Waals surface area contributed by atoms with Gasteiger partial charge in [-0.25, -0.2) is 0 Å². The zero-order valence-corrected chi connectivity index (χ0v) is 26.3. The number of nitrogens with zero attached hydrogens (tertiary/aromatic N) is 3. The second-order valence-corrected chi connectivity index (χ2v) is 12.1. The highest BCUT2D eigenvalue weighted by Gasteiger charge is 2.52. The van der Waals surface area contributed by atoms with Crippen LogP contribution < -0.4 is 15.2 Å². The molecule has 1 aromatic heterocycles. The highest BCUT2D eigenvalue weighted by Crippen LogP contribution is 2.36. The minimum absolute atomic E-state index is 0.00284. The number of aromatic amines is 1. The molecule has 0 radical (unpaired) electrons. The van der Waals surface area contributed by atoms with Crippen LogP contribution in [0.1, 0.15) is 57.1 Å². The molecule has 3 heterocycles. The van der Waals surface area contributed by atoms with Crippen LogP contribution in [0.3, 0.4) is 0 Å². The van der Waals surface area contributed by atoms with Gasteiger partial charge >= 0.3 is 0 Å². The van der Waals surface area contributed by atoms with Gasteiger partial charge in [-0.1, -0.05) is 30.7 Å². The second kappa shape index (κ2) is 13.5. The van der Waals surface area contributed by atoms with Crippen LogP contribution in [-0.4, -0.2) is 89.8 Å². The number of fused-ring (bicyclic) bond motifs is 1. The molecule has 2 atom stereocenters. The molecule has 44 heavy (non-hydrogen) atoms. The number of benzene rings is 2. The third-order valence-electron chi connectivity index (χ3n) is 9.49. The minimum Gasteiger partial charge on any atom is -0.493 e. The molecule has 0 bridgehead atoms. The highest BCUT2D eigenvalue weighted by molar-refractivity contribution is 6.04. The van der Waals surface area contributed by atoms with Crippen molar-refractivity contribution in [2.75, 3.05) is 40.4 Å². The number of carbonyl (C=O) groups is 3. The Morgan fingerprint density at radius 3 is 2.30 bits per heavy atom. The molecule has 2 unspecified atom stereocenters. The molecule has 5 rings (SSSR count). The van der Waals surface area contributed by atoms with Gasteiger partial charge in [0.05, 0.1) is 20.8 Å². The topological polar surface area (TPSA) is 121 Å². The van der Waals surface area contributed by atoms with Crippen LogP contribution in [0.25, 0.3) is 10.9 Å². The number of nitrogens with one attached hydrogen (secondary N) is 1. The molecular formula is C34H45N5O5. The van der Waals surface area contributed by atoms with Gasteiger partial charge in [-0.2, -0.15) is 0 Å². The summed E-state index contributed by atoms with van der Waals surface area (Å²) in [6.45, 7) is 6.19. The van der Waals surface area contributed by atoms with E-state index in [1.165, 1.54) is 45.1 Å². The maximum absolute atomic E-state index is 14.8. The van der Waals surface area contributed by atoms with Crippen LogP contribution in [0, 0.1) is 0 Å². The van der Waals surface area contributed by atoms with E-state index in [0.29, 0.717) is 41.8 Å². The van der Waals surface area contributed by atoms with Crippen molar-refractivity contribution < 1.29 is 23.9 Å². The molecule has 3 aromatic rings. The van der Waals surface area contributed by atoms with Crippen molar-refractivity contribution in [1.82, 2.24) is 19.7 Å². The number of likely N-dealkylation sites (tertiary alicyclic amines) is 2. The van der Waals surface area contributed by atoms with Gasteiger partial charge in [0.15, 0.2) is 17.3 Å². The van der Waals surface area contributed by atoms with Gasteiger partial charge in [-0.3, -0.25) is 24.2 Å². The molecule has 10 heteroatoms. The fourth-order valence-corrected chi connectivity index (χ4v) is 7.03. The molecule has 0 spiro atoms. The Morgan fingerprint density at radius 2 is 1.66 bits per heavy atom. The first kappa shape index (κ1) is 31.7. The van der Waals surface area contributed by atoms with Gasteiger partial charge in [0.1, 0.15) is 11.6 Å². The van der Waals surface area contributed by atoms with Gasteiger partial charge in [-0.15, -0.1) is 0 Å². The molecule has 2 saturated heterocycles. The first-order valence-corrected chi connectivity index (χ1v) is 15.6. The summed E-state index contributed by atoms with van der Waals surface area (Å²) in [4.78, 5) is 50.8. The number of hydrogen-bond donors (Lipinski definition) is 2. The SMILES string of the molecule is COc1ccc(CN(C(C)=O)C(=O)C(N2CCC(N3CCCCC3)CC2)C(N)(C(C)=O)c2c[nH]c3ccccc23)cc1OC. The number of ether oxygens (including phenoxy) is 2. The zero-order valence-electron chi connectivity index (χ0n) is 26.3. The number of ketones is 1. The fraction of sp³-hybridized carbons (Fsp3) is 0.500. The van der Waals surface area contributed by atoms with E-state index in [2.05, 4.69) is 9.88 Å². The van der Waals surface area contributed by atoms with Crippen LogP contribution in [0.5, 0.6) is 11.5 Å². The van der Waals surface area contributed by atoms with Crippen LogP contribution in [0.4, 0.5) is 0 Å². The second-order valence-electron chi connectivity index (χ2n) is 12.1. The molecular weight excluding hydrogens is 558 g/mol. The largest absolute Gasteiger partial charge is 0.493 e. The minimum atomic E-state index is -1.71. The summed E-state index contributed by atoms with van der Waals surface area (Å²) in [5.41, 5.74) is 7.57. The van der Waals surface area contributed by atoms with E-state index < -0.39 is 23.4 Å². The molecule has 2 aromatic carbocycles. The molecule has 0 aliphatic carbocycles. The molecule has 236 valence electrons. The van der Waals surface area contributed by atoms with E-state index in [0.717, 1.165) is 36.8 Å². The van der Waals surface area contributed by atoms with Crippen molar-refractivity contribution in [2.24, 2.45) is 5.73 Å². The van der Waals surface area contributed by atoms with Crippen LogP contribution in [-0.2, 0) is 26.5 Å². The molecule has 2 fully saturated rings. The van der Waals surface area contributed by atoms with Crippen molar-refractivity contribution >= 4 is 28.5 Å². The zero-order chi connectivity index (χ0) is 31.4. The number of Topliss-reactive ketones (excluding diaryl/α,β-unsaturated/α-hetero) is 1. The average Bonchev–Trinajstić information content (AvgIpc) is 3.48. The van der Waals surface area contributed by atoms with Gasteiger partial charge < -0.3 is 25.1 Å². The monoisotopic (exact) mass is 603 g/mol. The number of piperidine rings is 2. The normalized spacial score (nSPS) is 18.8. The Bertz CT molecular complexity index is 1490. The van der Waals surface area contributed by atoms with Crippen LogP contribution >= 0.6 is 0 Å². The number of methoxy groups -OCH3 is 2. The Kier molecular flexibility index (Phi) is 9.72. The van der Waals surface area contributed by atoms with Crippen molar-refractivity contribution in [3.8, 4) is 11.5 Å². The van der Waals surface area contributed by atoms with Crippen molar-refractivity contribution in [3.05, 3.63) is 59.8 Å². The standard InChI is InChI=1S/C34H45N5O5/c1-23(40)34(35,28-21-36-29-11-7-6-10-27(28)29)32(38-18-14-26(15-19-38)37-16-8-5-9-17-37)33(42)39(24(2)41)22-25-12-13-30(43-3)31(20-25)44-4/h6-7,10-13,20-21,26,32,36H,5,8-9,14-19,22,35H2,1-4H3. The lowest BCUT2D eigenvalue weighted by Gasteiger charge is -2.47. The van der Waals surface area contributed by atoms with Gasteiger partial charge in [0.2, 0.25) is 11.8 Å². The van der Waals surface area contributed by atoms with Crippen molar-refractivity contribution in [1.29, 1.82) is 0 Å². The number of H-pyrrole nitrogens is 1. The van der Waals surface area contributed by atoms with E-state index in [9.17, 15) is 14.4 Å². The number of aromatic nitrogens is 1. The summed E-state index contributed by atoms with van der Waals surface area (Å²) in [6.07, 6.45) is 7.15. The van der Waals surface area contributed by atoms with Crippen LogP contribution in [0.15, 0.2) is 48.7 Å². The van der Waals surface area contributed by atoms with Crippen LogP contribution in [0.2, 0.25) is 0 Å². The molecule has 0 saturated carbocycles. The van der Waals surface area contributed by atoms with Crippen molar-refractivity contribution in [3.63, 3.8) is 0 Å². The van der Waals surface area contributed by atoms with E-state index in [-0.39, 0.29) is 12.3 Å². The number of rotatable bonds is 10. The number of para-hydroxylation sites is 1. The number of amides is 2. The van der Waals surface area contributed by atoms with Crippen molar-refractivity contribution in [2.45, 2.75) is 70.1 Å². The Balaban J connectivity index is 1.54. The predicted molar refractivity (Wildman–Crippen MR) is 169 cm³/mol. The summed E-state index contributed by atoms with van der Waals surface area (Å²) in [5, 5.41) is 0.778.